The number of amides is 3. The first-order valence-electron chi connectivity index (χ1n) is 14.2. The van der Waals surface area contributed by atoms with Gasteiger partial charge < -0.3 is 20.3 Å². The highest BCUT2D eigenvalue weighted by molar-refractivity contribution is 5.92. The molecule has 0 aliphatic rings. The molecule has 0 saturated carbocycles. The van der Waals surface area contributed by atoms with Gasteiger partial charge in [0.15, 0.2) is 0 Å². The van der Waals surface area contributed by atoms with Gasteiger partial charge in [-0.1, -0.05) is 87.4 Å². The van der Waals surface area contributed by atoms with E-state index in [1.807, 2.05) is 30.3 Å². The normalized spacial score (nSPS) is 12.5. The van der Waals surface area contributed by atoms with Crippen molar-refractivity contribution in [2.45, 2.75) is 97.4 Å². The average Bonchev–Trinajstić information content (AvgIpc) is 2.92. The number of hydrogen-bond acceptors (Lipinski definition) is 4. The highest BCUT2D eigenvalue weighted by Gasteiger charge is 2.34. The summed E-state index contributed by atoms with van der Waals surface area (Å²) in [5.74, 6) is 1.93. The molecule has 216 valence electrons. The molecule has 0 fully saturated rings. The van der Waals surface area contributed by atoms with E-state index in [0.29, 0.717) is 24.2 Å². The summed E-state index contributed by atoms with van der Waals surface area (Å²) >= 11 is 0. The van der Waals surface area contributed by atoms with E-state index in [0.717, 1.165) is 37.7 Å². The van der Waals surface area contributed by atoms with E-state index in [2.05, 4.69) is 23.5 Å². The van der Waals surface area contributed by atoms with Gasteiger partial charge in [-0.25, -0.2) is 4.79 Å². The van der Waals surface area contributed by atoms with Crippen molar-refractivity contribution in [1.29, 1.82) is 0 Å². The van der Waals surface area contributed by atoms with Crippen molar-refractivity contribution in [2.24, 2.45) is 0 Å². The minimum Gasteiger partial charge on any atom is -0.444 e. The van der Waals surface area contributed by atoms with Gasteiger partial charge in [-0.3, -0.25) is 9.59 Å². The number of unbranched alkanes of at least 4 members (excludes halogenated alkanes) is 5. The van der Waals surface area contributed by atoms with E-state index >= 15 is 0 Å². The first-order chi connectivity index (χ1) is 19.1. The molecule has 0 heterocycles. The summed E-state index contributed by atoms with van der Waals surface area (Å²) in [7, 11) is 0. The Morgan fingerprint density at radius 3 is 2.17 bits per heavy atom. The third kappa shape index (κ3) is 11.1. The van der Waals surface area contributed by atoms with Gasteiger partial charge in [0, 0.05) is 18.7 Å². The van der Waals surface area contributed by atoms with Crippen LogP contribution < -0.4 is 10.6 Å². The van der Waals surface area contributed by atoms with Gasteiger partial charge in [0.2, 0.25) is 11.8 Å². The Morgan fingerprint density at radius 2 is 1.57 bits per heavy atom. The van der Waals surface area contributed by atoms with Crippen molar-refractivity contribution in [3.05, 3.63) is 71.3 Å². The first-order valence-corrected chi connectivity index (χ1v) is 14.2. The minimum absolute atomic E-state index is 0.305. The molecule has 2 unspecified atom stereocenters. The van der Waals surface area contributed by atoms with Gasteiger partial charge in [-0.05, 0) is 57.4 Å². The second-order valence-corrected chi connectivity index (χ2v) is 11.0. The maximum Gasteiger partial charge on any atom is 0.408 e. The molecule has 2 rings (SSSR count). The van der Waals surface area contributed by atoms with Crippen LogP contribution in [0, 0.1) is 12.3 Å². The lowest BCUT2D eigenvalue weighted by Crippen LogP contribution is -2.52. The van der Waals surface area contributed by atoms with Crippen LogP contribution in [0.1, 0.15) is 95.9 Å². The topological polar surface area (TPSA) is 87.7 Å². The first kappa shape index (κ1) is 32.4. The molecule has 0 bridgehead atoms. The molecule has 0 saturated heterocycles. The largest absolute Gasteiger partial charge is 0.444 e. The van der Waals surface area contributed by atoms with E-state index in [9.17, 15) is 14.4 Å². The smallest absolute Gasteiger partial charge is 0.408 e. The summed E-state index contributed by atoms with van der Waals surface area (Å²) < 4.78 is 5.36. The predicted molar refractivity (Wildman–Crippen MR) is 159 cm³/mol. The quantitative estimate of drug-likeness (QED) is 0.220. The lowest BCUT2D eigenvalue weighted by Gasteiger charge is -2.34. The number of carbonyl (C=O) groups is 3. The van der Waals surface area contributed by atoms with Crippen molar-refractivity contribution in [1.82, 2.24) is 15.5 Å². The molecule has 0 aromatic heterocycles. The summed E-state index contributed by atoms with van der Waals surface area (Å²) in [5, 5.41) is 5.65. The van der Waals surface area contributed by atoms with Crippen molar-refractivity contribution >= 4 is 17.9 Å². The molecule has 2 aromatic carbocycles. The van der Waals surface area contributed by atoms with Crippen LogP contribution in [-0.4, -0.2) is 41.0 Å². The SMILES string of the molecule is C#Cc1ccc(C(C(=O)NCc2ccccc2)N(CCCCCCCC)C(=O)C(C)NC(=O)OC(C)(C)C)cc1. The molecule has 2 atom stereocenters. The molecular weight excluding hydrogens is 502 g/mol. The molecule has 7 nitrogen and oxygen atoms in total. The minimum atomic E-state index is -0.901. The van der Waals surface area contributed by atoms with Crippen LogP contribution in [0.4, 0.5) is 4.79 Å². The zero-order valence-corrected chi connectivity index (χ0v) is 24.7. The van der Waals surface area contributed by atoms with Crippen molar-refractivity contribution in [3.8, 4) is 12.3 Å². The second-order valence-electron chi connectivity index (χ2n) is 11.0. The second kappa shape index (κ2) is 16.3. The third-order valence-electron chi connectivity index (χ3n) is 6.40. The van der Waals surface area contributed by atoms with Crippen molar-refractivity contribution < 1.29 is 19.1 Å². The van der Waals surface area contributed by atoms with Gasteiger partial charge in [-0.15, -0.1) is 6.42 Å². The number of hydrogen-bond donors (Lipinski definition) is 2. The highest BCUT2D eigenvalue weighted by Crippen LogP contribution is 2.24. The summed E-state index contributed by atoms with van der Waals surface area (Å²) in [6.07, 6.45) is 11.1. The molecule has 2 N–H and O–H groups in total. The molecular formula is C33H45N3O4. The van der Waals surface area contributed by atoms with Crippen LogP contribution in [0.3, 0.4) is 0 Å². The summed E-state index contributed by atoms with van der Waals surface area (Å²) in [6.45, 7) is 9.75. The Labute approximate surface area is 240 Å². The average molecular weight is 548 g/mol. The van der Waals surface area contributed by atoms with Gasteiger partial charge >= 0.3 is 6.09 Å². The number of rotatable bonds is 14. The lowest BCUT2D eigenvalue weighted by atomic mass is 10.0. The standard InChI is InChI=1S/C33H45N3O4/c1-7-9-10-11-12-16-23-36(31(38)25(3)35-32(39)40-33(4,5)6)29(28-21-19-26(8-2)20-22-28)30(37)34-24-27-17-14-13-15-18-27/h2,13-15,17-22,25,29H,7,9-12,16,23-24H2,1,3-6H3,(H,34,37)(H,35,39). The fourth-order valence-corrected chi connectivity index (χ4v) is 4.34. The summed E-state index contributed by atoms with van der Waals surface area (Å²) in [6, 6.07) is 14.9. The van der Waals surface area contributed by atoms with Crippen molar-refractivity contribution in [3.63, 3.8) is 0 Å². The van der Waals surface area contributed by atoms with E-state index < -0.39 is 23.8 Å². The molecule has 0 radical (unpaired) electrons. The molecule has 2 aromatic rings. The monoisotopic (exact) mass is 547 g/mol. The number of nitrogens with zero attached hydrogens (tertiary/aromatic N) is 1. The van der Waals surface area contributed by atoms with Crippen LogP contribution in [-0.2, 0) is 20.9 Å². The van der Waals surface area contributed by atoms with Crippen LogP contribution in [0.15, 0.2) is 54.6 Å². The number of carbonyl (C=O) groups excluding carboxylic acids is 3. The van der Waals surface area contributed by atoms with Gasteiger partial charge in [0.05, 0.1) is 0 Å². The Hall–Kier alpha value is -3.79. The fraction of sp³-hybridized carbons (Fsp3) is 0.485. The maximum absolute atomic E-state index is 13.9. The fourth-order valence-electron chi connectivity index (χ4n) is 4.34. The van der Waals surface area contributed by atoms with Gasteiger partial charge in [0.1, 0.15) is 17.7 Å². The number of terminal acetylenes is 1. The number of ether oxygens (including phenoxy) is 1. The molecule has 40 heavy (non-hydrogen) atoms. The van der Waals surface area contributed by atoms with Crippen molar-refractivity contribution in [2.75, 3.05) is 6.54 Å². The zero-order chi connectivity index (χ0) is 29.5. The summed E-state index contributed by atoms with van der Waals surface area (Å²) in [5.41, 5.74) is 1.57. The summed E-state index contributed by atoms with van der Waals surface area (Å²) in [4.78, 5) is 41.7. The van der Waals surface area contributed by atoms with Crippen LogP contribution in [0.25, 0.3) is 0 Å². The van der Waals surface area contributed by atoms with E-state index in [-0.39, 0.29) is 11.8 Å². The van der Waals surface area contributed by atoms with E-state index in [4.69, 9.17) is 11.2 Å². The van der Waals surface area contributed by atoms with Crippen LogP contribution in [0.2, 0.25) is 0 Å². The molecule has 0 aliphatic carbocycles. The van der Waals surface area contributed by atoms with Crippen LogP contribution in [0.5, 0.6) is 0 Å². The van der Waals surface area contributed by atoms with Crippen LogP contribution >= 0.6 is 0 Å². The number of nitrogens with one attached hydrogen (secondary N) is 2. The maximum atomic E-state index is 13.9. The molecule has 0 aliphatic heterocycles. The van der Waals surface area contributed by atoms with E-state index in [1.54, 1.807) is 56.9 Å². The Kier molecular flexibility index (Phi) is 13.2. The predicted octanol–water partition coefficient (Wildman–Crippen LogP) is 6.13. The Bertz CT molecular complexity index is 1120. The third-order valence-corrected chi connectivity index (χ3v) is 6.40. The number of benzene rings is 2. The lowest BCUT2D eigenvalue weighted by molar-refractivity contribution is -0.142. The molecule has 7 heteroatoms. The van der Waals surface area contributed by atoms with Gasteiger partial charge in [-0.2, -0.15) is 0 Å². The van der Waals surface area contributed by atoms with E-state index in [1.165, 1.54) is 6.42 Å². The van der Waals surface area contributed by atoms with Gasteiger partial charge in [0.25, 0.3) is 0 Å². The Balaban J connectivity index is 2.35. The Morgan fingerprint density at radius 1 is 0.950 bits per heavy atom. The number of alkyl carbamates (subject to hydrolysis) is 1. The zero-order valence-electron chi connectivity index (χ0n) is 24.7. The molecule has 3 amide bonds. The highest BCUT2D eigenvalue weighted by atomic mass is 16.6. The molecule has 0 spiro atoms.